The van der Waals surface area contributed by atoms with Gasteiger partial charge in [-0.3, -0.25) is 9.59 Å². The molecule has 1 N–H and O–H groups in total. The molecule has 6 nitrogen and oxygen atoms in total. The van der Waals surface area contributed by atoms with Gasteiger partial charge in [-0.2, -0.15) is 0 Å². The van der Waals surface area contributed by atoms with Crippen molar-refractivity contribution >= 4 is 11.8 Å². The van der Waals surface area contributed by atoms with Crippen molar-refractivity contribution in [2.24, 2.45) is 5.41 Å². The Hall–Kier alpha value is -3.02. The smallest absolute Gasteiger partial charge is 0.225 e. The molecule has 1 aliphatic rings. The monoisotopic (exact) mass is 438 g/mol. The molecule has 0 aromatic heterocycles. The molecule has 0 bridgehead atoms. The number of hydrogen-bond donors (Lipinski definition) is 1. The predicted molar refractivity (Wildman–Crippen MR) is 125 cm³/mol. The lowest BCUT2D eigenvalue weighted by Crippen LogP contribution is -2.41. The van der Waals surface area contributed by atoms with E-state index in [1.54, 1.807) is 14.2 Å². The number of carbonyl (C=O) groups is 2. The van der Waals surface area contributed by atoms with Crippen molar-refractivity contribution < 1.29 is 19.1 Å². The molecule has 2 amide bonds. The number of fused-ring (bicyclic) bond motifs is 1. The molecule has 0 aliphatic carbocycles. The molecule has 1 aliphatic heterocycles. The van der Waals surface area contributed by atoms with Gasteiger partial charge in [-0.05, 0) is 41.7 Å². The van der Waals surface area contributed by atoms with Crippen LogP contribution in [0.3, 0.4) is 0 Å². The van der Waals surface area contributed by atoms with Crippen LogP contribution in [0.5, 0.6) is 11.5 Å². The maximum atomic E-state index is 13.3. The van der Waals surface area contributed by atoms with E-state index < -0.39 is 5.41 Å². The van der Waals surface area contributed by atoms with Crippen LogP contribution in [-0.4, -0.2) is 44.0 Å². The largest absolute Gasteiger partial charge is 0.493 e. The molecule has 1 atom stereocenters. The lowest BCUT2D eigenvalue weighted by atomic mass is 9.87. The summed E-state index contributed by atoms with van der Waals surface area (Å²) in [6.45, 7) is 6.77. The highest BCUT2D eigenvalue weighted by Crippen LogP contribution is 2.41. The molecule has 0 spiro atoms. The van der Waals surface area contributed by atoms with E-state index >= 15 is 0 Å². The first-order valence-corrected chi connectivity index (χ1v) is 11.1. The van der Waals surface area contributed by atoms with Gasteiger partial charge in [0, 0.05) is 24.9 Å². The van der Waals surface area contributed by atoms with Crippen LogP contribution in [0.2, 0.25) is 0 Å². The predicted octanol–water partition coefficient (Wildman–Crippen LogP) is 4.12. The normalized spacial score (nSPS) is 15.7. The van der Waals surface area contributed by atoms with E-state index in [4.69, 9.17) is 9.47 Å². The summed E-state index contributed by atoms with van der Waals surface area (Å²) in [6, 6.07) is 13.9. The first-order chi connectivity index (χ1) is 15.3. The maximum absolute atomic E-state index is 13.3. The summed E-state index contributed by atoms with van der Waals surface area (Å²) in [6.07, 6.45) is 1.75. The zero-order valence-electron chi connectivity index (χ0n) is 19.7. The summed E-state index contributed by atoms with van der Waals surface area (Å²) in [7, 11) is 3.26. The lowest BCUT2D eigenvalue weighted by Gasteiger charge is -2.38. The molecule has 0 fully saturated rings. The number of hydrogen-bond acceptors (Lipinski definition) is 4. The van der Waals surface area contributed by atoms with Gasteiger partial charge in [0.2, 0.25) is 11.8 Å². The van der Waals surface area contributed by atoms with Gasteiger partial charge in [0.25, 0.3) is 0 Å². The Kier molecular flexibility index (Phi) is 7.44. The number of benzene rings is 2. The van der Waals surface area contributed by atoms with Crippen LogP contribution in [0.1, 0.15) is 56.3 Å². The van der Waals surface area contributed by atoms with Crippen LogP contribution < -0.4 is 14.8 Å². The van der Waals surface area contributed by atoms with Gasteiger partial charge in [-0.1, -0.05) is 51.1 Å². The van der Waals surface area contributed by atoms with E-state index in [9.17, 15) is 9.59 Å². The molecule has 172 valence electrons. The Balaban J connectivity index is 1.82. The topological polar surface area (TPSA) is 67.9 Å². The molecular formula is C26H34N2O4. The molecule has 32 heavy (non-hydrogen) atoms. The molecule has 2 aromatic rings. The Morgan fingerprint density at radius 1 is 1.06 bits per heavy atom. The van der Waals surface area contributed by atoms with Gasteiger partial charge in [-0.25, -0.2) is 0 Å². The Morgan fingerprint density at radius 2 is 1.72 bits per heavy atom. The molecule has 1 unspecified atom stereocenters. The molecule has 0 saturated carbocycles. The van der Waals surface area contributed by atoms with Crippen molar-refractivity contribution in [2.75, 3.05) is 27.3 Å². The van der Waals surface area contributed by atoms with Gasteiger partial charge in [-0.15, -0.1) is 0 Å². The van der Waals surface area contributed by atoms with Gasteiger partial charge >= 0.3 is 0 Å². The molecule has 2 aromatic carbocycles. The average molecular weight is 439 g/mol. The van der Waals surface area contributed by atoms with E-state index in [1.807, 2.05) is 56.0 Å². The number of amides is 2. The second-order valence-corrected chi connectivity index (χ2v) is 9.17. The Morgan fingerprint density at radius 3 is 2.34 bits per heavy atom. The van der Waals surface area contributed by atoms with Gasteiger partial charge in [0.05, 0.1) is 20.3 Å². The quantitative estimate of drug-likeness (QED) is 0.661. The number of nitrogens with zero attached hydrogens (tertiary/aromatic N) is 1. The van der Waals surface area contributed by atoms with Crippen molar-refractivity contribution in [1.82, 2.24) is 10.2 Å². The third-order valence-electron chi connectivity index (χ3n) is 5.84. The van der Waals surface area contributed by atoms with E-state index in [1.165, 1.54) is 0 Å². The minimum absolute atomic E-state index is 0.0000493. The van der Waals surface area contributed by atoms with Crippen LogP contribution in [0.4, 0.5) is 0 Å². The first kappa shape index (κ1) is 23.6. The third-order valence-corrected chi connectivity index (χ3v) is 5.84. The van der Waals surface area contributed by atoms with Crippen LogP contribution in [0.15, 0.2) is 42.5 Å². The number of nitrogens with one attached hydrogen (secondary N) is 1. The van der Waals surface area contributed by atoms with Crippen LogP contribution >= 0.6 is 0 Å². The van der Waals surface area contributed by atoms with Crippen molar-refractivity contribution in [3.8, 4) is 11.5 Å². The fourth-order valence-corrected chi connectivity index (χ4v) is 4.06. The van der Waals surface area contributed by atoms with Gasteiger partial charge in [0.15, 0.2) is 11.5 Å². The van der Waals surface area contributed by atoms with Gasteiger partial charge in [0.1, 0.15) is 0 Å². The molecule has 0 saturated heterocycles. The van der Waals surface area contributed by atoms with E-state index in [0.29, 0.717) is 37.4 Å². The number of carbonyl (C=O) groups excluding carboxylic acids is 2. The summed E-state index contributed by atoms with van der Waals surface area (Å²) in [5.74, 6) is 1.45. The summed E-state index contributed by atoms with van der Waals surface area (Å²) in [5.41, 5.74) is 2.86. The van der Waals surface area contributed by atoms with Crippen molar-refractivity contribution in [1.29, 1.82) is 0 Å². The molecular weight excluding hydrogens is 404 g/mol. The molecule has 6 heteroatoms. The van der Waals surface area contributed by atoms with E-state index in [2.05, 4.69) is 17.4 Å². The average Bonchev–Trinajstić information content (AvgIpc) is 2.79. The SMILES string of the molecule is COc1cc2c(cc1OC)C(c1ccccc1)N(C(=O)CCCNC(=O)C(C)(C)C)CC2. The molecule has 3 rings (SSSR count). The number of ether oxygens (including phenoxy) is 2. The van der Waals surface area contributed by atoms with E-state index in [-0.39, 0.29) is 17.9 Å². The second-order valence-electron chi connectivity index (χ2n) is 9.17. The summed E-state index contributed by atoms with van der Waals surface area (Å²) in [5, 5.41) is 2.93. The highest BCUT2D eigenvalue weighted by Gasteiger charge is 2.33. The second kappa shape index (κ2) is 10.1. The Bertz CT molecular complexity index is 950. The summed E-state index contributed by atoms with van der Waals surface area (Å²) >= 11 is 0. The third kappa shape index (κ3) is 5.23. The van der Waals surface area contributed by atoms with Crippen LogP contribution in [-0.2, 0) is 16.0 Å². The van der Waals surface area contributed by atoms with E-state index in [0.717, 1.165) is 23.1 Å². The fraction of sp³-hybridized carbons (Fsp3) is 0.462. The lowest BCUT2D eigenvalue weighted by molar-refractivity contribution is -0.134. The molecule has 1 heterocycles. The minimum Gasteiger partial charge on any atom is -0.493 e. The number of rotatable bonds is 7. The first-order valence-electron chi connectivity index (χ1n) is 11.1. The molecule has 0 radical (unpaired) electrons. The zero-order valence-corrected chi connectivity index (χ0v) is 19.7. The standard InChI is InChI=1S/C26H34N2O4/c1-26(2,3)25(30)27-14-9-12-23(29)28-15-13-19-16-21(31-4)22(32-5)17-20(19)24(28)18-10-7-6-8-11-18/h6-8,10-11,16-17,24H,9,12-15H2,1-5H3,(H,27,30). The fourth-order valence-electron chi connectivity index (χ4n) is 4.06. The summed E-state index contributed by atoms with van der Waals surface area (Å²) < 4.78 is 11.0. The Labute approximate surface area is 190 Å². The van der Waals surface area contributed by atoms with Crippen LogP contribution in [0, 0.1) is 5.41 Å². The van der Waals surface area contributed by atoms with Crippen LogP contribution in [0.25, 0.3) is 0 Å². The van der Waals surface area contributed by atoms with Crippen molar-refractivity contribution in [3.05, 3.63) is 59.2 Å². The number of methoxy groups -OCH3 is 2. The summed E-state index contributed by atoms with van der Waals surface area (Å²) in [4.78, 5) is 27.3. The zero-order chi connectivity index (χ0) is 23.3. The minimum atomic E-state index is -0.431. The van der Waals surface area contributed by atoms with Gasteiger partial charge < -0.3 is 19.7 Å². The highest BCUT2D eigenvalue weighted by atomic mass is 16.5. The van der Waals surface area contributed by atoms with Crippen molar-refractivity contribution in [2.45, 2.75) is 46.1 Å². The maximum Gasteiger partial charge on any atom is 0.225 e. The van der Waals surface area contributed by atoms with Crippen molar-refractivity contribution in [3.63, 3.8) is 0 Å². The highest BCUT2D eigenvalue weighted by molar-refractivity contribution is 5.81.